The van der Waals surface area contributed by atoms with Crippen molar-refractivity contribution >= 4 is 17.5 Å². The lowest BCUT2D eigenvalue weighted by atomic mass is 10.1. The minimum atomic E-state index is -0.305. The Kier molecular flexibility index (Phi) is 6.40. The van der Waals surface area contributed by atoms with Crippen molar-refractivity contribution in [1.29, 1.82) is 0 Å². The highest BCUT2D eigenvalue weighted by atomic mass is 16.5. The lowest BCUT2D eigenvalue weighted by Gasteiger charge is -2.17. The van der Waals surface area contributed by atoms with Crippen LogP contribution in [0.15, 0.2) is 24.3 Å². The van der Waals surface area contributed by atoms with Gasteiger partial charge in [0.05, 0.1) is 13.0 Å². The summed E-state index contributed by atoms with van der Waals surface area (Å²) in [6.07, 6.45) is 1.02. The summed E-state index contributed by atoms with van der Waals surface area (Å²) in [5, 5.41) is 2.88. The molecule has 0 spiro atoms. The highest BCUT2D eigenvalue weighted by Gasteiger charge is 2.35. The average molecular weight is 320 g/mol. The Labute approximate surface area is 136 Å². The van der Waals surface area contributed by atoms with Crippen LogP contribution in [0.25, 0.3) is 0 Å². The quantitative estimate of drug-likeness (QED) is 0.739. The summed E-state index contributed by atoms with van der Waals surface area (Å²) in [5.41, 5.74) is 0.765. The molecule has 2 rings (SSSR count). The summed E-state index contributed by atoms with van der Waals surface area (Å²) in [7, 11) is 1.59. The number of nitrogens with zero attached hydrogens (tertiary/aromatic N) is 1. The highest BCUT2D eigenvalue weighted by molar-refractivity contribution is 6.00. The monoisotopic (exact) mass is 320 g/mol. The van der Waals surface area contributed by atoms with Gasteiger partial charge in [-0.15, -0.1) is 0 Å². The maximum Gasteiger partial charge on any atom is 0.227 e. The Hall–Kier alpha value is -2.08. The van der Waals surface area contributed by atoms with E-state index in [0.29, 0.717) is 32.1 Å². The molecule has 6 heteroatoms. The highest BCUT2D eigenvalue weighted by Crippen LogP contribution is 2.27. The van der Waals surface area contributed by atoms with Crippen molar-refractivity contribution in [1.82, 2.24) is 5.32 Å². The molecule has 0 saturated carbocycles. The van der Waals surface area contributed by atoms with Gasteiger partial charge in [-0.3, -0.25) is 9.59 Å². The van der Waals surface area contributed by atoms with Crippen LogP contribution in [0.1, 0.15) is 19.8 Å². The van der Waals surface area contributed by atoms with Crippen molar-refractivity contribution in [2.75, 3.05) is 38.3 Å². The zero-order chi connectivity index (χ0) is 16.7. The van der Waals surface area contributed by atoms with Crippen molar-refractivity contribution in [3.63, 3.8) is 0 Å². The fourth-order valence-corrected chi connectivity index (χ4v) is 2.59. The van der Waals surface area contributed by atoms with Gasteiger partial charge in [0.15, 0.2) is 0 Å². The zero-order valence-corrected chi connectivity index (χ0v) is 13.7. The van der Waals surface area contributed by atoms with Gasteiger partial charge in [0.25, 0.3) is 0 Å². The van der Waals surface area contributed by atoms with E-state index in [2.05, 4.69) is 5.32 Å². The predicted molar refractivity (Wildman–Crippen MR) is 87.6 cm³/mol. The van der Waals surface area contributed by atoms with Crippen molar-refractivity contribution < 1.29 is 19.1 Å². The number of carbonyl (C=O) groups is 2. The Balaban J connectivity index is 1.87. The second kappa shape index (κ2) is 8.53. The molecule has 1 heterocycles. The molecule has 1 N–H and O–H groups in total. The van der Waals surface area contributed by atoms with Gasteiger partial charge in [0.1, 0.15) is 5.75 Å². The molecule has 0 radical (unpaired) electrons. The maximum absolute atomic E-state index is 12.2. The maximum atomic E-state index is 12.2. The summed E-state index contributed by atoms with van der Waals surface area (Å²) in [5.74, 6) is 0.285. The summed E-state index contributed by atoms with van der Waals surface area (Å²) >= 11 is 0. The first-order chi connectivity index (χ1) is 11.2. The van der Waals surface area contributed by atoms with E-state index < -0.39 is 0 Å². The van der Waals surface area contributed by atoms with Crippen LogP contribution in [-0.4, -0.2) is 45.2 Å². The number of rotatable bonds is 8. The normalized spacial score (nSPS) is 17.4. The summed E-state index contributed by atoms with van der Waals surface area (Å²) < 4.78 is 10.4. The van der Waals surface area contributed by atoms with E-state index in [1.165, 1.54) is 0 Å². The SMILES string of the molecule is CCOCCCNC(=O)[C@H]1CC(=O)N(c2cccc(OC)c2)C1. The molecule has 1 aromatic rings. The fraction of sp³-hybridized carbons (Fsp3) is 0.529. The lowest BCUT2D eigenvalue weighted by molar-refractivity contribution is -0.126. The predicted octanol–water partition coefficient (Wildman–Crippen LogP) is 1.59. The van der Waals surface area contributed by atoms with E-state index in [4.69, 9.17) is 9.47 Å². The Morgan fingerprint density at radius 3 is 3.00 bits per heavy atom. The van der Waals surface area contributed by atoms with E-state index in [9.17, 15) is 9.59 Å². The van der Waals surface area contributed by atoms with Crippen molar-refractivity contribution in [2.45, 2.75) is 19.8 Å². The van der Waals surface area contributed by atoms with Gasteiger partial charge >= 0.3 is 0 Å². The van der Waals surface area contributed by atoms with Gasteiger partial charge < -0.3 is 19.7 Å². The topological polar surface area (TPSA) is 67.9 Å². The molecule has 23 heavy (non-hydrogen) atoms. The van der Waals surface area contributed by atoms with Crippen LogP contribution < -0.4 is 15.0 Å². The van der Waals surface area contributed by atoms with Crippen LogP contribution >= 0.6 is 0 Å². The molecule has 1 aromatic carbocycles. The Morgan fingerprint density at radius 1 is 1.43 bits per heavy atom. The molecular weight excluding hydrogens is 296 g/mol. The first kappa shape index (κ1) is 17.3. The molecule has 1 saturated heterocycles. The number of ether oxygens (including phenoxy) is 2. The van der Waals surface area contributed by atoms with Crippen molar-refractivity contribution in [3.05, 3.63) is 24.3 Å². The van der Waals surface area contributed by atoms with Gasteiger partial charge in [0.2, 0.25) is 11.8 Å². The third-order valence-corrected chi connectivity index (χ3v) is 3.83. The number of carbonyl (C=O) groups excluding carboxylic acids is 2. The molecule has 0 aliphatic carbocycles. The van der Waals surface area contributed by atoms with Gasteiger partial charge in [0, 0.05) is 44.5 Å². The average Bonchev–Trinajstić information content (AvgIpc) is 2.96. The van der Waals surface area contributed by atoms with Crippen LogP contribution in [0.2, 0.25) is 0 Å². The lowest BCUT2D eigenvalue weighted by Crippen LogP contribution is -2.33. The Morgan fingerprint density at radius 2 is 2.26 bits per heavy atom. The molecule has 2 amide bonds. The standard InChI is InChI=1S/C17H24N2O4/c1-3-23-9-5-8-18-17(21)13-10-16(20)19(12-13)14-6-4-7-15(11-14)22-2/h4,6-7,11,13H,3,5,8-10,12H2,1-2H3,(H,18,21)/t13-/m0/s1. The molecule has 126 valence electrons. The van der Waals surface area contributed by atoms with Crippen LogP contribution in [0.3, 0.4) is 0 Å². The van der Waals surface area contributed by atoms with Gasteiger partial charge in [-0.05, 0) is 25.5 Å². The number of nitrogens with one attached hydrogen (secondary N) is 1. The molecular formula is C17H24N2O4. The molecule has 0 bridgehead atoms. The van der Waals surface area contributed by atoms with E-state index in [1.807, 2.05) is 25.1 Å². The number of methoxy groups -OCH3 is 1. The number of hydrogen-bond acceptors (Lipinski definition) is 4. The Bertz CT molecular complexity index is 547. The van der Waals surface area contributed by atoms with Gasteiger partial charge in [-0.25, -0.2) is 0 Å². The third kappa shape index (κ3) is 4.69. The minimum absolute atomic E-state index is 0.0345. The van der Waals surface area contributed by atoms with Crippen LogP contribution in [0.4, 0.5) is 5.69 Å². The number of benzene rings is 1. The first-order valence-electron chi connectivity index (χ1n) is 7.95. The largest absolute Gasteiger partial charge is 0.497 e. The van der Waals surface area contributed by atoms with E-state index in [-0.39, 0.29) is 24.2 Å². The summed E-state index contributed by atoms with van der Waals surface area (Å²) in [6, 6.07) is 7.32. The van der Waals surface area contributed by atoms with Crippen LogP contribution in [-0.2, 0) is 14.3 Å². The van der Waals surface area contributed by atoms with Crippen molar-refractivity contribution in [3.8, 4) is 5.75 Å². The molecule has 1 aliphatic rings. The number of amides is 2. The molecule has 1 aliphatic heterocycles. The number of hydrogen-bond donors (Lipinski definition) is 1. The first-order valence-corrected chi connectivity index (χ1v) is 7.95. The minimum Gasteiger partial charge on any atom is -0.497 e. The van der Waals surface area contributed by atoms with E-state index >= 15 is 0 Å². The molecule has 1 fully saturated rings. The third-order valence-electron chi connectivity index (χ3n) is 3.83. The second-order valence-electron chi connectivity index (χ2n) is 5.45. The second-order valence-corrected chi connectivity index (χ2v) is 5.45. The molecule has 0 aromatic heterocycles. The number of anilines is 1. The van der Waals surface area contributed by atoms with Crippen LogP contribution in [0, 0.1) is 5.92 Å². The summed E-state index contributed by atoms with van der Waals surface area (Å²) in [6.45, 7) is 4.23. The zero-order valence-electron chi connectivity index (χ0n) is 13.7. The van der Waals surface area contributed by atoms with Gasteiger partial charge in [-0.1, -0.05) is 6.07 Å². The summed E-state index contributed by atoms with van der Waals surface area (Å²) in [4.78, 5) is 26.0. The van der Waals surface area contributed by atoms with E-state index in [0.717, 1.165) is 12.1 Å². The van der Waals surface area contributed by atoms with E-state index in [1.54, 1.807) is 18.1 Å². The molecule has 6 nitrogen and oxygen atoms in total. The molecule has 1 atom stereocenters. The smallest absolute Gasteiger partial charge is 0.227 e. The molecule has 0 unspecified atom stereocenters. The van der Waals surface area contributed by atoms with Crippen molar-refractivity contribution in [2.24, 2.45) is 5.92 Å². The fourth-order valence-electron chi connectivity index (χ4n) is 2.59. The van der Waals surface area contributed by atoms with Gasteiger partial charge in [-0.2, -0.15) is 0 Å². The van der Waals surface area contributed by atoms with Crippen LogP contribution in [0.5, 0.6) is 5.75 Å².